The first kappa shape index (κ1) is 13.6. The topological polar surface area (TPSA) is 41.1 Å². The van der Waals surface area contributed by atoms with Gasteiger partial charge in [-0.1, -0.05) is 13.8 Å². The van der Waals surface area contributed by atoms with Crippen molar-refractivity contribution in [3.8, 4) is 0 Å². The van der Waals surface area contributed by atoms with Crippen LogP contribution in [0, 0.1) is 5.92 Å². The summed E-state index contributed by atoms with van der Waals surface area (Å²) >= 11 is 1.69. The highest BCUT2D eigenvalue weighted by Gasteiger charge is 2.31. The summed E-state index contributed by atoms with van der Waals surface area (Å²) in [5, 5.41) is 6.39. The molecule has 108 valence electrons. The van der Waals surface area contributed by atoms with E-state index in [4.69, 9.17) is 4.98 Å². The Morgan fingerprint density at radius 3 is 2.85 bits per heavy atom. The monoisotopic (exact) mass is 290 g/mol. The number of rotatable bonds is 6. The van der Waals surface area contributed by atoms with E-state index in [1.165, 1.54) is 24.6 Å². The minimum absolute atomic E-state index is 0.677. The lowest BCUT2D eigenvalue weighted by Crippen LogP contribution is -2.29. The van der Waals surface area contributed by atoms with Gasteiger partial charge in [0.1, 0.15) is 10.6 Å². The highest BCUT2D eigenvalue weighted by molar-refractivity contribution is 7.16. The Morgan fingerprint density at radius 1 is 1.40 bits per heavy atom. The van der Waals surface area contributed by atoms with Crippen molar-refractivity contribution in [3.63, 3.8) is 0 Å². The lowest BCUT2D eigenvalue weighted by molar-refractivity contribution is 0.569. The molecular formula is C15H22N4S. The lowest BCUT2D eigenvalue weighted by Gasteiger charge is -2.25. The van der Waals surface area contributed by atoms with Crippen LogP contribution in [0.5, 0.6) is 0 Å². The van der Waals surface area contributed by atoms with Crippen molar-refractivity contribution in [2.45, 2.75) is 39.2 Å². The molecule has 3 rings (SSSR count). The molecule has 0 spiro atoms. The van der Waals surface area contributed by atoms with Crippen molar-refractivity contribution >= 4 is 33.3 Å². The molecule has 1 saturated carbocycles. The molecule has 0 radical (unpaired) electrons. The predicted molar refractivity (Wildman–Crippen MR) is 86.8 cm³/mol. The van der Waals surface area contributed by atoms with E-state index < -0.39 is 0 Å². The average Bonchev–Trinajstić information content (AvgIpc) is 3.15. The standard InChI is InChI=1S/C15H22N4S/c1-10(2)6-8-19(11-4-5-11)13-12-7-9-20-14(12)18-15(16-3)17-13/h7,9-11H,4-6,8H2,1-3H3,(H,16,17,18). The molecule has 4 nitrogen and oxygen atoms in total. The molecule has 1 fully saturated rings. The zero-order valence-corrected chi connectivity index (χ0v) is 13.2. The Morgan fingerprint density at radius 2 is 2.20 bits per heavy atom. The van der Waals surface area contributed by atoms with Gasteiger partial charge in [0.05, 0.1) is 5.39 Å². The first-order chi connectivity index (χ1) is 9.69. The van der Waals surface area contributed by atoms with Crippen LogP contribution in [0.25, 0.3) is 10.2 Å². The second-order valence-corrected chi connectivity index (χ2v) is 6.76. The minimum Gasteiger partial charge on any atom is -0.357 e. The Labute approximate surface area is 124 Å². The summed E-state index contributed by atoms with van der Waals surface area (Å²) in [5.41, 5.74) is 0. The van der Waals surface area contributed by atoms with Gasteiger partial charge in [0.2, 0.25) is 5.95 Å². The minimum atomic E-state index is 0.677. The van der Waals surface area contributed by atoms with Crippen molar-refractivity contribution in [2.75, 3.05) is 23.8 Å². The first-order valence-corrected chi connectivity index (χ1v) is 8.26. The highest BCUT2D eigenvalue weighted by Crippen LogP contribution is 2.36. The SMILES string of the molecule is CNc1nc(N(CCC(C)C)C2CC2)c2ccsc2n1. The molecule has 1 N–H and O–H groups in total. The van der Waals surface area contributed by atoms with E-state index in [1.54, 1.807) is 11.3 Å². The Hall–Kier alpha value is -1.36. The molecule has 2 aromatic rings. The average molecular weight is 290 g/mol. The van der Waals surface area contributed by atoms with Gasteiger partial charge in [-0.15, -0.1) is 11.3 Å². The lowest BCUT2D eigenvalue weighted by atomic mass is 10.1. The maximum absolute atomic E-state index is 4.74. The van der Waals surface area contributed by atoms with Gasteiger partial charge in [0.25, 0.3) is 0 Å². The molecular weight excluding hydrogens is 268 g/mol. The Balaban J connectivity index is 1.98. The summed E-state index contributed by atoms with van der Waals surface area (Å²) in [4.78, 5) is 12.9. The van der Waals surface area contributed by atoms with E-state index in [1.807, 2.05) is 7.05 Å². The van der Waals surface area contributed by atoms with E-state index >= 15 is 0 Å². The number of hydrogen-bond acceptors (Lipinski definition) is 5. The molecule has 20 heavy (non-hydrogen) atoms. The molecule has 1 aliphatic carbocycles. The van der Waals surface area contributed by atoms with Crippen molar-refractivity contribution in [2.24, 2.45) is 5.92 Å². The van der Waals surface area contributed by atoms with E-state index in [0.717, 1.165) is 29.1 Å². The largest absolute Gasteiger partial charge is 0.357 e. The van der Waals surface area contributed by atoms with Crippen LogP contribution in [-0.4, -0.2) is 29.6 Å². The summed E-state index contributed by atoms with van der Waals surface area (Å²) in [6.45, 7) is 5.65. The molecule has 1 aliphatic rings. The number of hydrogen-bond donors (Lipinski definition) is 1. The first-order valence-electron chi connectivity index (χ1n) is 7.38. The van der Waals surface area contributed by atoms with Crippen molar-refractivity contribution in [1.29, 1.82) is 0 Å². The second-order valence-electron chi connectivity index (χ2n) is 5.87. The molecule has 0 aromatic carbocycles. The van der Waals surface area contributed by atoms with Crippen LogP contribution in [0.3, 0.4) is 0 Å². The quantitative estimate of drug-likeness (QED) is 0.879. The molecule has 0 amide bonds. The Kier molecular flexibility index (Phi) is 3.78. The van der Waals surface area contributed by atoms with Crippen LogP contribution in [0.2, 0.25) is 0 Å². The van der Waals surface area contributed by atoms with Gasteiger partial charge in [-0.3, -0.25) is 0 Å². The number of fused-ring (bicyclic) bond motifs is 1. The predicted octanol–water partition coefficient (Wildman–Crippen LogP) is 3.75. The van der Waals surface area contributed by atoms with E-state index in [2.05, 4.69) is 40.5 Å². The summed E-state index contributed by atoms with van der Waals surface area (Å²) in [6, 6.07) is 2.83. The van der Waals surface area contributed by atoms with Crippen LogP contribution < -0.4 is 10.2 Å². The third-order valence-electron chi connectivity index (χ3n) is 3.74. The van der Waals surface area contributed by atoms with Crippen LogP contribution in [-0.2, 0) is 0 Å². The van der Waals surface area contributed by atoms with Gasteiger partial charge in [-0.2, -0.15) is 4.98 Å². The molecule has 2 aromatic heterocycles. The van der Waals surface area contributed by atoms with Crippen molar-refractivity contribution in [3.05, 3.63) is 11.4 Å². The molecule has 0 unspecified atom stereocenters. The van der Waals surface area contributed by atoms with Crippen LogP contribution in [0.15, 0.2) is 11.4 Å². The molecule has 0 aliphatic heterocycles. The van der Waals surface area contributed by atoms with E-state index in [-0.39, 0.29) is 0 Å². The van der Waals surface area contributed by atoms with E-state index in [9.17, 15) is 0 Å². The van der Waals surface area contributed by atoms with Crippen LogP contribution >= 0.6 is 11.3 Å². The van der Waals surface area contributed by atoms with Gasteiger partial charge in [-0.25, -0.2) is 4.98 Å². The highest BCUT2D eigenvalue weighted by atomic mass is 32.1. The smallest absolute Gasteiger partial charge is 0.225 e. The maximum atomic E-state index is 4.74. The fourth-order valence-corrected chi connectivity index (χ4v) is 3.17. The zero-order valence-electron chi connectivity index (χ0n) is 12.4. The van der Waals surface area contributed by atoms with Crippen LogP contribution in [0.4, 0.5) is 11.8 Å². The number of nitrogens with zero attached hydrogens (tertiary/aromatic N) is 3. The number of anilines is 2. The van der Waals surface area contributed by atoms with Crippen molar-refractivity contribution < 1.29 is 0 Å². The number of nitrogens with one attached hydrogen (secondary N) is 1. The molecule has 5 heteroatoms. The summed E-state index contributed by atoms with van der Waals surface area (Å²) in [6.07, 6.45) is 3.80. The summed E-state index contributed by atoms with van der Waals surface area (Å²) in [5.74, 6) is 2.56. The number of thiophene rings is 1. The zero-order chi connectivity index (χ0) is 14.1. The third-order valence-corrected chi connectivity index (χ3v) is 4.54. The number of aromatic nitrogens is 2. The van der Waals surface area contributed by atoms with Gasteiger partial charge >= 0.3 is 0 Å². The normalized spacial score (nSPS) is 15.0. The van der Waals surface area contributed by atoms with Gasteiger partial charge in [-0.05, 0) is 36.6 Å². The summed E-state index contributed by atoms with van der Waals surface area (Å²) < 4.78 is 0. The van der Waals surface area contributed by atoms with Gasteiger partial charge in [0, 0.05) is 19.6 Å². The summed E-state index contributed by atoms with van der Waals surface area (Å²) in [7, 11) is 1.88. The van der Waals surface area contributed by atoms with Gasteiger partial charge < -0.3 is 10.2 Å². The fraction of sp³-hybridized carbons (Fsp3) is 0.600. The van der Waals surface area contributed by atoms with E-state index in [0.29, 0.717) is 6.04 Å². The van der Waals surface area contributed by atoms with Crippen LogP contribution in [0.1, 0.15) is 33.1 Å². The molecule has 0 atom stereocenters. The fourth-order valence-electron chi connectivity index (χ4n) is 2.42. The maximum Gasteiger partial charge on any atom is 0.225 e. The van der Waals surface area contributed by atoms with Gasteiger partial charge in [0.15, 0.2) is 0 Å². The van der Waals surface area contributed by atoms with Crippen molar-refractivity contribution in [1.82, 2.24) is 9.97 Å². The Bertz CT molecular complexity index is 589. The molecule has 0 saturated heterocycles. The molecule has 0 bridgehead atoms. The third kappa shape index (κ3) is 2.73. The second kappa shape index (κ2) is 5.56. The molecule has 2 heterocycles.